The molecule has 4 nitrogen and oxygen atoms in total. The van der Waals surface area contributed by atoms with Gasteiger partial charge in [0.25, 0.3) is 0 Å². The number of hydrogen-bond donors (Lipinski definition) is 2. The number of rotatable bonds is 3. The van der Waals surface area contributed by atoms with Gasteiger partial charge >= 0.3 is 11.9 Å². The van der Waals surface area contributed by atoms with Gasteiger partial charge in [-0.1, -0.05) is 24.3 Å². The van der Waals surface area contributed by atoms with Crippen molar-refractivity contribution in [1.29, 1.82) is 0 Å². The number of carbonyl (C=O) groups is 2. The summed E-state index contributed by atoms with van der Waals surface area (Å²) in [5.74, 6) is -1.94. The second kappa shape index (κ2) is 6.18. The quantitative estimate of drug-likeness (QED) is 0.855. The van der Waals surface area contributed by atoms with Crippen molar-refractivity contribution in [1.82, 2.24) is 0 Å². The molecule has 0 bridgehead atoms. The molecule has 19 heavy (non-hydrogen) atoms. The zero-order valence-electron chi connectivity index (χ0n) is 9.63. The number of carboxylic acids is 2. The third kappa shape index (κ3) is 3.44. The van der Waals surface area contributed by atoms with Crippen molar-refractivity contribution in [2.45, 2.75) is 0 Å². The van der Waals surface area contributed by atoms with Gasteiger partial charge in [-0.3, -0.25) is 0 Å². The van der Waals surface area contributed by atoms with E-state index in [9.17, 15) is 9.59 Å². The van der Waals surface area contributed by atoms with Gasteiger partial charge < -0.3 is 10.2 Å². The third-order valence-electron chi connectivity index (χ3n) is 2.60. The maximum Gasteiger partial charge on any atom is 0.335 e. The van der Waals surface area contributed by atoms with Crippen LogP contribution < -0.4 is 0 Å². The Hall–Kier alpha value is -2.10. The molecule has 0 heterocycles. The molecule has 0 spiro atoms. The van der Waals surface area contributed by atoms with Crippen LogP contribution in [0.5, 0.6) is 0 Å². The van der Waals surface area contributed by atoms with E-state index in [1.807, 2.05) is 0 Å². The molecule has 0 atom stereocenters. The fourth-order valence-corrected chi connectivity index (χ4v) is 1.61. The maximum atomic E-state index is 10.7. The van der Waals surface area contributed by atoms with Crippen molar-refractivity contribution in [3.05, 3.63) is 59.7 Å². The minimum atomic E-state index is -0.970. The van der Waals surface area contributed by atoms with Crippen LogP contribution >= 0.6 is 0 Å². The molecule has 0 aromatic heterocycles. The van der Waals surface area contributed by atoms with Crippen molar-refractivity contribution >= 4 is 11.9 Å². The second-order valence-electron chi connectivity index (χ2n) is 3.77. The van der Waals surface area contributed by atoms with Gasteiger partial charge in [0.05, 0.1) is 11.1 Å². The van der Waals surface area contributed by atoms with Crippen LogP contribution in [0.25, 0.3) is 11.1 Å². The Kier molecular flexibility index (Phi) is 4.87. The van der Waals surface area contributed by atoms with Crippen LogP contribution in [0, 0.1) is 0 Å². The summed E-state index contributed by atoms with van der Waals surface area (Å²) in [5.41, 5.74) is 2.13. The van der Waals surface area contributed by atoms with Crippen LogP contribution in [-0.4, -0.2) is 22.2 Å². The van der Waals surface area contributed by atoms with E-state index in [-0.39, 0.29) is 28.2 Å². The van der Waals surface area contributed by atoms with E-state index in [4.69, 9.17) is 10.2 Å². The molecule has 0 fully saturated rings. The fourth-order valence-electron chi connectivity index (χ4n) is 1.61. The van der Waals surface area contributed by atoms with E-state index < -0.39 is 11.9 Å². The molecule has 5 heteroatoms. The first-order valence-corrected chi connectivity index (χ1v) is 5.25. The number of hydrogen-bond acceptors (Lipinski definition) is 2. The Morgan fingerprint density at radius 3 is 1.11 bits per heavy atom. The molecule has 2 rings (SSSR count). The van der Waals surface area contributed by atoms with Gasteiger partial charge in [0.1, 0.15) is 0 Å². The molecular formula is C14H10CuO4. The van der Waals surface area contributed by atoms with Crippen LogP contribution in [0.15, 0.2) is 48.5 Å². The summed E-state index contributed by atoms with van der Waals surface area (Å²) in [6.45, 7) is 0. The Labute approximate surface area is 120 Å². The largest absolute Gasteiger partial charge is 0.478 e. The van der Waals surface area contributed by atoms with Gasteiger partial charge in [-0.05, 0) is 35.4 Å². The molecule has 2 N–H and O–H groups in total. The molecule has 0 aliphatic heterocycles. The van der Waals surface area contributed by atoms with Gasteiger partial charge in [-0.15, -0.1) is 0 Å². The zero-order chi connectivity index (χ0) is 13.1. The summed E-state index contributed by atoms with van der Waals surface area (Å²) >= 11 is 0. The maximum absolute atomic E-state index is 10.7. The summed E-state index contributed by atoms with van der Waals surface area (Å²) in [4.78, 5) is 21.4. The first-order chi connectivity index (χ1) is 8.58. The van der Waals surface area contributed by atoms with Crippen LogP contribution in [0.1, 0.15) is 20.7 Å². The van der Waals surface area contributed by atoms with Gasteiger partial charge in [0, 0.05) is 17.1 Å². The van der Waals surface area contributed by atoms with E-state index >= 15 is 0 Å². The summed E-state index contributed by atoms with van der Waals surface area (Å²) in [7, 11) is 0. The Bertz CT molecular complexity index is 532. The minimum Gasteiger partial charge on any atom is -0.478 e. The molecule has 0 unspecified atom stereocenters. The molecular weight excluding hydrogens is 296 g/mol. The van der Waals surface area contributed by atoms with Crippen molar-refractivity contribution < 1.29 is 36.9 Å². The van der Waals surface area contributed by atoms with Gasteiger partial charge in [-0.25, -0.2) is 9.59 Å². The van der Waals surface area contributed by atoms with Gasteiger partial charge in [0.15, 0.2) is 0 Å². The Balaban J connectivity index is 0.00000180. The second-order valence-corrected chi connectivity index (χ2v) is 3.77. The van der Waals surface area contributed by atoms with Crippen molar-refractivity contribution in [2.75, 3.05) is 0 Å². The van der Waals surface area contributed by atoms with E-state index in [0.29, 0.717) is 0 Å². The van der Waals surface area contributed by atoms with Crippen LogP contribution in [-0.2, 0) is 17.1 Å². The number of benzene rings is 2. The van der Waals surface area contributed by atoms with Crippen molar-refractivity contribution in [3.8, 4) is 11.1 Å². The van der Waals surface area contributed by atoms with Crippen LogP contribution in [0.2, 0.25) is 0 Å². The summed E-state index contributed by atoms with van der Waals surface area (Å²) in [6.07, 6.45) is 0. The van der Waals surface area contributed by atoms with Gasteiger partial charge in [-0.2, -0.15) is 0 Å². The molecule has 0 aliphatic rings. The van der Waals surface area contributed by atoms with Crippen LogP contribution in [0.3, 0.4) is 0 Å². The fraction of sp³-hybridized carbons (Fsp3) is 0. The molecule has 0 aliphatic carbocycles. The van der Waals surface area contributed by atoms with Crippen molar-refractivity contribution in [2.24, 2.45) is 0 Å². The van der Waals surface area contributed by atoms with Crippen molar-refractivity contribution in [3.63, 3.8) is 0 Å². The number of carboxylic acid groups (broad SMARTS) is 2. The average molecular weight is 306 g/mol. The summed E-state index contributed by atoms with van der Waals surface area (Å²) in [6, 6.07) is 12.8. The van der Waals surface area contributed by atoms with E-state index in [0.717, 1.165) is 11.1 Å². The van der Waals surface area contributed by atoms with E-state index in [1.54, 1.807) is 24.3 Å². The monoisotopic (exact) mass is 305 g/mol. The number of aromatic carboxylic acids is 2. The topological polar surface area (TPSA) is 74.6 Å². The van der Waals surface area contributed by atoms with E-state index in [1.165, 1.54) is 24.3 Å². The molecule has 2 aromatic carbocycles. The molecule has 1 radical (unpaired) electrons. The standard InChI is InChI=1S/C14H10O4.Cu/c15-13(16)11-5-1-9(2-6-11)10-3-7-12(8-4-10)14(17)18;/h1-8H,(H,15,16)(H,17,18);. The summed E-state index contributed by atoms with van der Waals surface area (Å²) in [5, 5.41) is 17.6. The zero-order valence-corrected chi connectivity index (χ0v) is 10.6. The average Bonchev–Trinajstić information content (AvgIpc) is 2.39. The predicted octanol–water partition coefficient (Wildman–Crippen LogP) is 2.75. The molecule has 2 aromatic rings. The first kappa shape index (κ1) is 15.0. The normalized spacial score (nSPS) is 9.47. The Morgan fingerprint density at radius 2 is 0.895 bits per heavy atom. The van der Waals surface area contributed by atoms with Gasteiger partial charge in [0.2, 0.25) is 0 Å². The predicted molar refractivity (Wildman–Crippen MR) is 65.8 cm³/mol. The molecule has 0 amide bonds. The first-order valence-electron chi connectivity index (χ1n) is 5.25. The minimum absolute atomic E-state index is 0. The van der Waals surface area contributed by atoms with Crippen LogP contribution in [0.4, 0.5) is 0 Å². The molecule has 0 saturated carbocycles. The molecule has 0 saturated heterocycles. The molecule has 101 valence electrons. The Morgan fingerprint density at radius 1 is 0.632 bits per heavy atom. The third-order valence-corrected chi connectivity index (χ3v) is 2.60. The summed E-state index contributed by atoms with van der Waals surface area (Å²) < 4.78 is 0. The van der Waals surface area contributed by atoms with E-state index in [2.05, 4.69) is 0 Å². The SMILES string of the molecule is O=C(O)c1ccc(-c2ccc(C(=O)O)cc2)cc1.[Cu]. The smallest absolute Gasteiger partial charge is 0.335 e.